The summed E-state index contributed by atoms with van der Waals surface area (Å²) >= 11 is 5.00. The van der Waals surface area contributed by atoms with Crippen LogP contribution in [0.1, 0.15) is 17.5 Å². The zero-order chi connectivity index (χ0) is 13.0. The van der Waals surface area contributed by atoms with Crippen molar-refractivity contribution in [3.05, 3.63) is 35.4 Å². The van der Waals surface area contributed by atoms with E-state index < -0.39 is 0 Å². The van der Waals surface area contributed by atoms with Gasteiger partial charge in [0.05, 0.1) is 6.61 Å². The van der Waals surface area contributed by atoms with Crippen molar-refractivity contribution in [2.75, 3.05) is 26.8 Å². The van der Waals surface area contributed by atoms with Crippen LogP contribution in [0, 0.1) is 5.92 Å². The molecule has 0 spiro atoms. The maximum Gasteiger partial charge on any atom is 0.103 e. The van der Waals surface area contributed by atoms with Gasteiger partial charge in [0.15, 0.2) is 0 Å². The molecule has 0 aliphatic carbocycles. The van der Waals surface area contributed by atoms with E-state index in [1.54, 1.807) is 0 Å². The molecule has 2 N–H and O–H groups in total. The predicted octanol–water partition coefficient (Wildman–Crippen LogP) is 1.79. The maximum absolute atomic E-state index is 5.65. The third-order valence-electron chi connectivity index (χ3n) is 3.26. The molecule has 0 radical (unpaired) electrons. The highest BCUT2D eigenvalue weighted by molar-refractivity contribution is 7.80. The van der Waals surface area contributed by atoms with Crippen LogP contribution in [0.4, 0.5) is 0 Å². The minimum atomic E-state index is 0.462. The first-order valence-corrected chi connectivity index (χ1v) is 6.71. The molecule has 0 amide bonds. The molecular formula is C14H20N2OS. The van der Waals surface area contributed by atoms with E-state index in [1.807, 2.05) is 12.1 Å². The quantitative estimate of drug-likeness (QED) is 0.823. The van der Waals surface area contributed by atoms with E-state index in [-0.39, 0.29) is 0 Å². The van der Waals surface area contributed by atoms with Crippen molar-refractivity contribution in [3.63, 3.8) is 0 Å². The highest BCUT2D eigenvalue weighted by Crippen LogP contribution is 2.15. The van der Waals surface area contributed by atoms with Crippen LogP contribution in [0.25, 0.3) is 0 Å². The fourth-order valence-corrected chi connectivity index (χ4v) is 2.49. The lowest BCUT2D eigenvalue weighted by Gasteiger charge is -2.20. The summed E-state index contributed by atoms with van der Waals surface area (Å²) in [5, 5.41) is 0. The van der Waals surface area contributed by atoms with Gasteiger partial charge in [0, 0.05) is 25.3 Å². The fraction of sp³-hybridized carbons (Fsp3) is 0.500. The Hall–Kier alpha value is -0.970. The molecule has 0 saturated carbocycles. The van der Waals surface area contributed by atoms with Gasteiger partial charge in [-0.2, -0.15) is 0 Å². The Balaban J connectivity index is 1.91. The van der Waals surface area contributed by atoms with Gasteiger partial charge in [-0.3, -0.25) is 0 Å². The van der Waals surface area contributed by atoms with Crippen molar-refractivity contribution >= 4 is 17.2 Å². The second-order valence-electron chi connectivity index (χ2n) is 4.99. The van der Waals surface area contributed by atoms with Crippen molar-refractivity contribution in [3.8, 4) is 0 Å². The van der Waals surface area contributed by atoms with Crippen molar-refractivity contribution in [2.45, 2.75) is 13.0 Å². The molecule has 0 bridgehead atoms. The second kappa shape index (κ2) is 6.27. The van der Waals surface area contributed by atoms with Gasteiger partial charge in [-0.15, -0.1) is 0 Å². The Labute approximate surface area is 114 Å². The normalized spacial score (nSPS) is 19.3. The fourth-order valence-electron chi connectivity index (χ4n) is 2.37. The number of rotatable bonds is 5. The molecule has 0 aromatic heterocycles. The highest BCUT2D eigenvalue weighted by Gasteiger charge is 2.17. The number of ether oxygens (including phenoxy) is 1. The van der Waals surface area contributed by atoms with Crippen molar-refractivity contribution in [1.29, 1.82) is 0 Å². The van der Waals surface area contributed by atoms with Gasteiger partial charge in [-0.1, -0.05) is 30.4 Å². The molecule has 1 atom stereocenters. The largest absolute Gasteiger partial charge is 0.389 e. The molecule has 1 fully saturated rings. The average molecular weight is 264 g/mol. The summed E-state index contributed by atoms with van der Waals surface area (Å²) in [5.41, 5.74) is 7.84. The van der Waals surface area contributed by atoms with E-state index in [0.29, 0.717) is 10.9 Å². The Morgan fingerprint density at radius 2 is 2.39 bits per heavy atom. The molecule has 1 saturated heterocycles. The summed E-state index contributed by atoms with van der Waals surface area (Å²) in [6.45, 7) is 3.82. The molecule has 1 aliphatic rings. The Bertz CT molecular complexity index is 416. The Morgan fingerprint density at radius 1 is 1.56 bits per heavy atom. The number of thiocarbonyl (C=S) groups is 1. The smallest absolute Gasteiger partial charge is 0.103 e. The molecule has 2 rings (SSSR count). The van der Waals surface area contributed by atoms with Crippen molar-refractivity contribution in [1.82, 2.24) is 4.90 Å². The number of hydrogen-bond acceptors (Lipinski definition) is 3. The summed E-state index contributed by atoms with van der Waals surface area (Å²) in [4.78, 5) is 2.79. The van der Waals surface area contributed by atoms with Crippen LogP contribution in [-0.2, 0) is 11.3 Å². The maximum atomic E-state index is 5.65. The number of nitrogens with zero attached hydrogens (tertiary/aromatic N) is 1. The molecule has 1 aliphatic heterocycles. The van der Waals surface area contributed by atoms with Gasteiger partial charge in [-0.05, 0) is 31.0 Å². The molecule has 1 aromatic carbocycles. The minimum Gasteiger partial charge on any atom is -0.389 e. The van der Waals surface area contributed by atoms with Gasteiger partial charge in [0.25, 0.3) is 0 Å². The van der Waals surface area contributed by atoms with Crippen LogP contribution < -0.4 is 5.73 Å². The zero-order valence-corrected chi connectivity index (χ0v) is 11.6. The molecule has 1 heterocycles. The molecule has 98 valence electrons. The van der Waals surface area contributed by atoms with Crippen molar-refractivity contribution < 1.29 is 4.74 Å². The monoisotopic (exact) mass is 264 g/mol. The van der Waals surface area contributed by atoms with Crippen LogP contribution in [0.2, 0.25) is 0 Å². The van der Waals surface area contributed by atoms with Gasteiger partial charge in [0.1, 0.15) is 4.99 Å². The molecular weight excluding hydrogens is 244 g/mol. The van der Waals surface area contributed by atoms with Crippen LogP contribution >= 0.6 is 12.2 Å². The van der Waals surface area contributed by atoms with Crippen molar-refractivity contribution in [2.24, 2.45) is 11.7 Å². The molecule has 3 nitrogen and oxygen atoms in total. The summed E-state index contributed by atoms with van der Waals surface area (Å²) in [6, 6.07) is 8.15. The van der Waals surface area contributed by atoms with E-state index in [9.17, 15) is 0 Å². The predicted molar refractivity (Wildman–Crippen MR) is 77.6 cm³/mol. The summed E-state index contributed by atoms with van der Waals surface area (Å²) in [6.07, 6.45) is 1.18. The van der Waals surface area contributed by atoms with Crippen LogP contribution in [-0.4, -0.2) is 36.7 Å². The second-order valence-corrected chi connectivity index (χ2v) is 5.43. The lowest BCUT2D eigenvalue weighted by molar-refractivity contribution is 0.173. The van der Waals surface area contributed by atoms with Crippen LogP contribution in [0.5, 0.6) is 0 Å². The molecule has 1 aromatic rings. The van der Waals surface area contributed by atoms with Crippen LogP contribution in [0.3, 0.4) is 0 Å². The van der Waals surface area contributed by atoms with Gasteiger partial charge < -0.3 is 15.4 Å². The lowest BCUT2D eigenvalue weighted by atomic mass is 10.1. The third-order valence-corrected chi connectivity index (χ3v) is 3.49. The number of nitrogens with two attached hydrogens (primary N) is 1. The van der Waals surface area contributed by atoms with Gasteiger partial charge >= 0.3 is 0 Å². The average Bonchev–Trinajstić information content (AvgIpc) is 2.82. The third kappa shape index (κ3) is 3.77. The zero-order valence-electron chi connectivity index (χ0n) is 10.8. The van der Waals surface area contributed by atoms with E-state index >= 15 is 0 Å². The number of benzene rings is 1. The van der Waals surface area contributed by atoms with Gasteiger partial charge in [0.2, 0.25) is 0 Å². The molecule has 1 unspecified atom stereocenters. The first-order chi connectivity index (χ1) is 8.65. The number of hydrogen-bond donors (Lipinski definition) is 1. The summed E-state index contributed by atoms with van der Waals surface area (Å²) < 4.78 is 5.40. The Kier molecular flexibility index (Phi) is 4.69. The van der Waals surface area contributed by atoms with Gasteiger partial charge in [-0.25, -0.2) is 0 Å². The Morgan fingerprint density at radius 3 is 3.06 bits per heavy atom. The standard InChI is InChI=1S/C14H20N2OS/c1-16(9-12-5-6-17-10-12)8-11-3-2-4-13(7-11)14(15)18/h2-4,7,12H,5-6,8-10H2,1H3,(H2,15,18). The highest BCUT2D eigenvalue weighted by atomic mass is 32.1. The van der Waals surface area contributed by atoms with E-state index in [1.165, 1.54) is 12.0 Å². The van der Waals surface area contributed by atoms with E-state index in [4.69, 9.17) is 22.7 Å². The van der Waals surface area contributed by atoms with E-state index in [2.05, 4.69) is 24.1 Å². The first kappa shape index (κ1) is 13.5. The molecule has 4 heteroatoms. The summed E-state index contributed by atoms with van der Waals surface area (Å²) in [5.74, 6) is 0.675. The summed E-state index contributed by atoms with van der Waals surface area (Å²) in [7, 11) is 2.14. The van der Waals surface area contributed by atoms with E-state index in [0.717, 1.165) is 31.9 Å². The van der Waals surface area contributed by atoms with Crippen LogP contribution in [0.15, 0.2) is 24.3 Å². The minimum absolute atomic E-state index is 0.462. The SMILES string of the molecule is CN(Cc1cccc(C(N)=S)c1)CC1CCOC1. The first-order valence-electron chi connectivity index (χ1n) is 6.30. The topological polar surface area (TPSA) is 38.5 Å². The molecule has 18 heavy (non-hydrogen) atoms. The lowest BCUT2D eigenvalue weighted by Crippen LogP contribution is -2.25.